The Balaban J connectivity index is 0.959. The van der Waals surface area contributed by atoms with Gasteiger partial charge in [0.1, 0.15) is 0 Å². The Morgan fingerprint density at radius 2 is 0.698 bits per heavy atom. The van der Waals surface area contributed by atoms with E-state index in [9.17, 15) is 0 Å². The zero-order chi connectivity index (χ0) is 41.7. The van der Waals surface area contributed by atoms with Gasteiger partial charge in [0.2, 0.25) is 0 Å². The minimum absolute atomic E-state index is 0.312. The van der Waals surface area contributed by atoms with Crippen molar-refractivity contribution in [1.29, 1.82) is 0 Å². The second-order valence-corrected chi connectivity index (χ2v) is 16.9. The van der Waals surface area contributed by atoms with Crippen LogP contribution in [-0.4, -0.2) is 4.57 Å². The number of hydrogen-bond donors (Lipinski definition) is 0. The fourth-order valence-corrected chi connectivity index (χ4v) is 10.1. The van der Waals surface area contributed by atoms with Gasteiger partial charge in [0.15, 0.2) is 0 Å². The Kier molecular flexibility index (Phi) is 9.04. The molecule has 11 aromatic rings. The van der Waals surface area contributed by atoms with Gasteiger partial charge in [0.25, 0.3) is 0 Å². The lowest BCUT2D eigenvalue weighted by molar-refractivity contribution is 0.794. The van der Waals surface area contributed by atoms with Crippen LogP contribution in [0.15, 0.2) is 243 Å². The molecule has 296 valence electrons. The first-order valence-electron chi connectivity index (χ1n) is 22.0. The third kappa shape index (κ3) is 6.67. The molecule has 0 amide bonds. The van der Waals surface area contributed by atoms with Gasteiger partial charge >= 0.3 is 0 Å². The normalized spacial score (nSPS) is 13.2. The monoisotopic (exact) mass is 801 g/mol. The summed E-state index contributed by atoms with van der Waals surface area (Å²) in [6, 6.07) is 89.5. The highest BCUT2D eigenvalue weighted by Gasteiger charge is 2.25. The summed E-state index contributed by atoms with van der Waals surface area (Å²) in [6.45, 7) is 0. The Morgan fingerprint density at radius 3 is 1.24 bits per heavy atom. The van der Waals surface area contributed by atoms with Crippen molar-refractivity contribution in [2.75, 3.05) is 0 Å². The molecule has 0 saturated carbocycles. The zero-order valence-corrected chi connectivity index (χ0v) is 34.8. The van der Waals surface area contributed by atoms with E-state index >= 15 is 0 Å². The van der Waals surface area contributed by atoms with Gasteiger partial charge in [-0.3, -0.25) is 0 Å². The fraction of sp³-hybridized carbons (Fsp3) is 0.0323. The second kappa shape index (κ2) is 15.5. The minimum atomic E-state index is 0.312. The summed E-state index contributed by atoms with van der Waals surface area (Å²) in [6.07, 6.45) is 1.00. The Bertz CT molecular complexity index is 3390. The number of aromatic nitrogens is 1. The molecule has 10 aromatic carbocycles. The van der Waals surface area contributed by atoms with Crippen LogP contribution >= 0.6 is 0 Å². The lowest BCUT2D eigenvalue weighted by atomic mass is 9.75. The molecule has 12 rings (SSSR count). The summed E-state index contributed by atoms with van der Waals surface area (Å²) in [5.74, 6) is 0.312. The van der Waals surface area contributed by atoms with Crippen molar-refractivity contribution in [1.82, 2.24) is 4.57 Å². The van der Waals surface area contributed by atoms with Crippen LogP contribution in [0.25, 0.3) is 94.3 Å². The molecule has 1 aliphatic rings. The van der Waals surface area contributed by atoms with Crippen LogP contribution in [0.1, 0.15) is 22.6 Å². The van der Waals surface area contributed by atoms with Crippen LogP contribution in [0.3, 0.4) is 0 Å². The van der Waals surface area contributed by atoms with E-state index in [1.54, 1.807) is 0 Å². The smallest absolute Gasteiger partial charge is 0.0541 e. The fourth-order valence-electron chi connectivity index (χ4n) is 10.1. The molecular formula is C62H43N. The quantitative estimate of drug-likeness (QED) is 0.151. The van der Waals surface area contributed by atoms with Gasteiger partial charge in [-0.05, 0) is 151 Å². The topological polar surface area (TPSA) is 4.93 Å². The molecule has 0 radical (unpaired) electrons. The molecule has 0 bridgehead atoms. The minimum Gasteiger partial charge on any atom is -0.309 e. The summed E-state index contributed by atoms with van der Waals surface area (Å²) >= 11 is 0. The van der Waals surface area contributed by atoms with Crippen molar-refractivity contribution in [3.05, 3.63) is 259 Å². The molecule has 0 fully saturated rings. The first kappa shape index (κ1) is 36.8. The first-order valence-corrected chi connectivity index (χ1v) is 22.0. The highest BCUT2D eigenvalue weighted by molar-refractivity contribution is 6.09. The number of nitrogens with zero attached hydrogens (tertiary/aromatic N) is 1. The first-order chi connectivity index (χ1) is 31.2. The number of benzene rings is 10. The lowest BCUT2D eigenvalue weighted by Crippen LogP contribution is -2.12. The molecule has 0 aliphatic heterocycles. The van der Waals surface area contributed by atoms with Crippen molar-refractivity contribution in [2.24, 2.45) is 0 Å². The summed E-state index contributed by atoms with van der Waals surface area (Å²) in [4.78, 5) is 0. The number of fused-ring (bicyclic) bond motifs is 6. The van der Waals surface area contributed by atoms with Crippen LogP contribution in [0.2, 0.25) is 0 Å². The molecule has 1 heteroatoms. The summed E-state index contributed by atoms with van der Waals surface area (Å²) in [5, 5.41) is 2.54. The predicted octanol–water partition coefficient (Wildman–Crippen LogP) is 16.5. The van der Waals surface area contributed by atoms with Crippen LogP contribution in [0, 0.1) is 0 Å². The van der Waals surface area contributed by atoms with Crippen LogP contribution in [0.5, 0.6) is 0 Å². The van der Waals surface area contributed by atoms with Gasteiger partial charge in [0.05, 0.1) is 11.0 Å². The molecule has 1 aromatic heterocycles. The number of para-hydroxylation sites is 2. The van der Waals surface area contributed by atoms with Crippen LogP contribution < -0.4 is 0 Å². The van der Waals surface area contributed by atoms with Gasteiger partial charge in [-0.1, -0.05) is 182 Å². The second-order valence-electron chi connectivity index (χ2n) is 16.9. The maximum Gasteiger partial charge on any atom is 0.0541 e. The van der Waals surface area contributed by atoms with Crippen molar-refractivity contribution in [2.45, 2.75) is 12.3 Å². The molecule has 0 N–H and O–H groups in total. The van der Waals surface area contributed by atoms with E-state index in [1.807, 2.05) is 0 Å². The van der Waals surface area contributed by atoms with Crippen molar-refractivity contribution >= 4 is 21.8 Å². The van der Waals surface area contributed by atoms with Crippen molar-refractivity contribution in [3.8, 4) is 72.4 Å². The van der Waals surface area contributed by atoms with Gasteiger partial charge in [0, 0.05) is 22.4 Å². The third-order valence-electron chi connectivity index (χ3n) is 13.2. The van der Waals surface area contributed by atoms with Gasteiger partial charge in [-0.25, -0.2) is 0 Å². The molecule has 1 nitrogen and oxygen atoms in total. The SMILES string of the molecule is c1ccc(-c2cc(-c3ccc(C4Cc5ccccc5-c5ccccc54)cc3)cc(-c3cc(-c4ccccc4)cc(-c4ccc(-n5c6ccccc6c6ccccc65)cc4)c3)c2)cc1. The zero-order valence-electron chi connectivity index (χ0n) is 34.8. The molecule has 1 unspecified atom stereocenters. The van der Waals surface area contributed by atoms with E-state index in [0.717, 1.165) is 12.1 Å². The third-order valence-corrected chi connectivity index (χ3v) is 13.2. The standard InChI is InChI=1S/C62H43N/c1-3-15-42(16-4-1)48-35-50(44-27-29-46(30-28-44)60-41-47-19-7-8-20-55(47)56-21-9-10-22-57(56)60)39-52(37-48)53-38-49(43-17-5-2-6-18-43)36-51(40-53)45-31-33-54(34-32-45)63-61-25-13-11-23-58(61)59-24-12-14-26-62(59)63/h1-40,60H,41H2. The largest absolute Gasteiger partial charge is 0.309 e. The number of rotatable bonds is 7. The van der Waals surface area contributed by atoms with E-state index in [2.05, 4.69) is 247 Å². The molecule has 1 atom stereocenters. The summed E-state index contributed by atoms with van der Waals surface area (Å²) < 4.78 is 2.39. The van der Waals surface area contributed by atoms with Gasteiger partial charge in [-0.15, -0.1) is 0 Å². The Morgan fingerprint density at radius 1 is 0.302 bits per heavy atom. The van der Waals surface area contributed by atoms with Crippen molar-refractivity contribution < 1.29 is 0 Å². The molecule has 0 spiro atoms. The summed E-state index contributed by atoms with van der Waals surface area (Å²) in [5.41, 5.74) is 22.4. The molecule has 0 saturated heterocycles. The van der Waals surface area contributed by atoms with E-state index in [1.165, 1.54) is 105 Å². The van der Waals surface area contributed by atoms with Crippen LogP contribution in [-0.2, 0) is 6.42 Å². The van der Waals surface area contributed by atoms with Gasteiger partial charge < -0.3 is 4.57 Å². The molecule has 63 heavy (non-hydrogen) atoms. The molecular weight excluding hydrogens is 759 g/mol. The molecule has 1 heterocycles. The van der Waals surface area contributed by atoms with Gasteiger partial charge in [-0.2, -0.15) is 0 Å². The Hall–Kier alpha value is -8.00. The highest BCUT2D eigenvalue weighted by atomic mass is 15.0. The Labute approximate surface area is 368 Å². The molecule has 1 aliphatic carbocycles. The van der Waals surface area contributed by atoms with E-state index in [-0.39, 0.29) is 0 Å². The summed E-state index contributed by atoms with van der Waals surface area (Å²) in [7, 11) is 0. The predicted molar refractivity (Wildman–Crippen MR) is 265 cm³/mol. The van der Waals surface area contributed by atoms with E-state index in [4.69, 9.17) is 0 Å². The van der Waals surface area contributed by atoms with E-state index < -0.39 is 0 Å². The van der Waals surface area contributed by atoms with E-state index in [0.29, 0.717) is 5.92 Å². The lowest BCUT2D eigenvalue weighted by Gasteiger charge is -2.28. The van der Waals surface area contributed by atoms with Crippen molar-refractivity contribution in [3.63, 3.8) is 0 Å². The average molecular weight is 802 g/mol. The number of hydrogen-bond acceptors (Lipinski definition) is 0. The van der Waals surface area contributed by atoms with Crippen LogP contribution in [0.4, 0.5) is 0 Å². The maximum absolute atomic E-state index is 2.39. The average Bonchev–Trinajstić information content (AvgIpc) is 3.71. The highest BCUT2D eigenvalue weighted by Crippen LogP contribution is 2.44. The maximum atomic E-state index is 2.39.